The third-order valence-corrected chi connectivity index (χ3v) is 4.31. The van der Waals surface area contributed by atoms with E-state index in [4.69, 9.17) is 12.2 Å². The number of rotatable bonds is 5. The van der Waals surface area contributed by atoms with Crippen LogP contribution in [0.3, 0.4) is 0 Å². The lowest BCUT2D eigenvalue weighted by atomic mass is 10.1. The fourth-order valence-corrected chi connectivity index (χ4v) is 2.90. The lowest BCUT2D eigenvalue weighted by molar-refractivity contribution is -0.137. The zero-order valence-electron chi connectivity index (χ0n) is 15.1. The van der Waals surface area contributed by atoms with Crippen molar-refractivity contribution in [3.05, 3.63) is 77.6 Å². The molecule has 0 saturated carbocycles. The summed E-state index contributed by atoms with van der Waals surface area (Å²) in [6.07, 6.45) is -0.135. The lowest BCUT2D eigenvalue weighted by Crippen LogP contribution is -2.18. The number of aromatic nitrogens is 2. The summed E-state index contributed by atoms with van der Waals surface area (Å²) in [7, 11) is 0. The van der Waals surface area contributed by atoms with E-state index in [0.29, 0.717) is 16.4 Å². The summed E-state index contributed by atoms with van der Waals surface area (Å²) < 4.78 is 40.0. The molecule has 0 unspecified atom stereocenters. The number of nitrogens with one attached hydrogen (secondary N) is 2. The van der Waals surface area contributed by atoms with Crippen molar-refractivity contribution in [2.45, 2.75) is 26.1 Å². The molecule has 4 nitrogen and oxygen atoms in total. The molecule has 2 N–H and O–H groups in total. The Labute approximate surface area is 166 Å². The smallest absolute Gasteiger partial charge is 0.332 e. The minimum atomic E-state index is -4.36. The van der Waals surface area contributed by atoms with E-state index in [0.717, 1.165) is 24.2 Å². The Kier molecular flexibility index (Phi) is 5.99. The standard InChI is InChI=1S/C20H19F3N4S/c1-2-14-6-8-17(9-7-14)25-19(28)26-18-11-24-27(13-18)12-15-4-3-5-16(10-15)20(21,22)23/h3-11,13H,2,12H2,1H3,(H2,25,26,28). The Morgan fingerprint density at radius 2 is 1.75 bits per heavy atom. The first-order valence-electron chi connectivity index (χ1n) is 8.69. The Balaban J connectivity index is 1.60. The Morgan fingerprint density at radius 3 is 2.43 bits per heavy atom. The third kappa shape index (κ3) is 5.32. The minimum absolute atomic E-state index is 0.226. The third-order valence-electron chi connectivity index (χ3n) is 4.11. The summed E-state index contributed by atoms with van der Waals surface area (Å²) in [6.45, 7) is 2.32. The number of benzene rings is 2. The zero-order chi connectivity index (χ0) is 20.1. The molecular formula is C20H19F3N4S. The van der Waals surface area contributed by atoms with Gasteiger partial charge in [-0.05, 0) is 54.0 Å². The highest BCUT2D eigenvalue weighted by molar-refractivity contribution is 7.80. The van der Waals surface area contributed by atoms with Crippen molar-refractivity contribution in [2.24, 2.45) is 0 Å². The largest absolute Gasteiger partial charge is 0.416 e. The molecule has 2 aromatic carbocycles. The van der Waals surface area contributed by atoms with E-state index in [1.165, 1.54) is 11.6 Å². The number of aryl methyl sites for hydroxylation is 1. The van der Waals surface area contributed by atoms with Crippen molar-refractivity contribution in [1.82, 2.24) is 9.78 Å². The molecule has 28 heavy (non-hydrogen) atoms. The van der Waals surface area contributed by atoms with Gasteiger partial charge in [0, 0.05) is 11.9 Å². The number of nitrogens with zero attached hydrogens (tertiary/aromatic N) is 2. The summed E-state index contributed by atoms with van der Waals surface area (Å²) in [5.41, 5.74) is 2.59. The molecule has 0 radical (unpaired) electrons. The van der Waals surface area contributed by atoms with Crippen molar-refractivity contribution >= 4 is 28.7 Å². The molecule has 0 spiro atoms. The molecule has 0 saturated heterocycles. The number of alkyl halides is 3. The molecule has 1 heterocycles. The summed E-state index contributed by atoms with van der Waals surface area (Å²) >= 11 is 5.29. The topological polar surface area (TPSA) is 41.9 Å². The molecule has 0 aliphatic heterocycles. The van der Waals surface area contributed by atoms with Crippen LogP contribution in [0.2, 0.25) is 0 Å². The van der Waals surface area contributed by atoms with Crippen LogP contribution in [-0.4, -0.2) is 14.9 Å². The highest BCUT2D eigenvalue weighted by Crippen LogP contribution is 2.29. The Hall–Kier alpha value is -2.87. The zero-order valence-corrected chi connectivity index (χ0v) is 15.9. The molecule has 3 aromatic rings. The molecule has 0 atom stereocenters. The van der Waals surface area contributed by atoms with E-state index in [2.05, 4.69) is 22.7 Å². The highest BCUT2D eigenvalue weighted by Gasteiger charge is 2.30. The molecule has 0 aliphatic rings. The van der Waals surface area contributed by atoms with E-state index < -0.39 is 11.7 Å². The molecule has 0 bridgehead atoms. The first-order chi connectivity index (χ1) is 13.3. The van der Waals surface area contributed by atoms with Crippen LogP contribution in [0.5, 0.6) is 0 Å². The maximum atomic E-state index is 12.8. The average Bonchev–Trinajstić information content (AvgIpc) is 3.08. The van der Waals surface area contributed by atoms with Crippen molar-refractivity contribution in [2.75, 3.05) is 10.6 Å². The Morgan fingerprint density at radius 1 is 1.04 bits per heavy atom. The monoisotopic (exact) mass is 404 g/mol. The summed E-state index contributed by atoms with van der Waals surface area (Å²) in [4.78, 5) is 0. The van der Waals surface area contributed by atoms with Crippen LogP contribution < -0.4 is 10.6 Å². The van der Waals surface area contributed by atoms with Crippen molar-refractivity contribution < 1.29 is 13.2 Å². The second-order valence-corrected chi connectivity index (χ2v) is 6.66. The molecular weight excluding hydrogens is 385 g/mol. The molecule has 3 rings (SSSR count). The summed E-state index contributed by atoms with van der Waals surface area (Å²) in [5.74, 6) is 0. The maximum Gasteiger partial charge on any atom is 0.416 e. The number of anilines is 2. The van der Waals surface area contributed by atoms with Gasteiger partial charge in [-0.15, -0.1) is 0 Å². The SMILES string of the molecule is CCc1ccc(NC(=S)Nc2cnn(Cc3cccc(C(F)(F)F)c3)c2)cc1. The van der Waals surface area contributed by atoms with E-state index in [1.54, 1.807) is 23.1 Å². The summed E-state index contributed by atoms with van der Waals surface area (Å²) in [5, 5.41) is 10.7. The van der Waals surface area contributed by atoms with Gasteiger partial charge in [0.25, 0.3) is 0 Å². The fourth-order valence-electron chi connectivity index (χ4n) is 2.66. The van der Waals surface area contributed by atoms with Crippen LogP contribution in [0.15, 0.2) is 60.9 Å². The maximum absolute atomic E-state index is 12.8. The molecule has 8 heteroatoms. The Bertz CT molecular complexity index is 949. The fraction of sp³-hybridized carbons (Fsp3) is 0.200. The van der Waals surface area contributed by atoms with Gasteiger partial charge < -0.3 is 10.6 Å². The predicted molar refractivity (Wildman–Crippen MR) is 108 cm³/mol. The van der Waals surface area contributed by atoms with Gasteiger partial charge in [0.1, 0.15) is 0 Å². The van der Waals surface area contributed by atoms with Gasteiger partial charge in [-0.25, -0.2) is 0 Å². The van der Waals surface area contributed by atoms with Gasteiger partial charge in [-0.3, -0.25) is 4.68 Å². The lowest BCUT2D eigenvalue weighted by Gasteiger charge is -2.10. The predicted octanol–water partition coefficient (Wildman–Crippen LogP) is 5.32. The van der Waals surface area contributed by atoms with Gasteiger partial charge in [0.05, 0.1) is 24.0 Å². The molecule has 0 amide bonds. The second-order valence-electron chi connectivity index (χ2n) is 6.25. The van der Waals surface area contributed by atoms with Crippen LogP contribution in [0.4, 0.5) is 24.5 Å². The van der Waals surface area contributed by atoms with Crippen molar-refractivity contribution in [1.29, 1.82) is 0 Å². The van der Waals surface area contributed by atoms with Crippen LogP contribution in [0.1, 0.15) is 23.6 Å². The van der Waals surface area contributed by atoms with E-state index in [1.807, 2.05) is 24.3 Å². The number of hydrogen-bond acceptors (Lipinski definition) is 2. The minimum Gasteiger partial charge on any atom is -0.332 e. The van der Waals surface area contributed by atoms with E-state index >= 15 is 0 Å². The van der Waals surface area contributed by atoms with E-state index in [9.17, 15) is 13.2 Å². The highest BCUT2D eigenvalue weighted by atomic mass is 32.1. The average molecular weight is 404 g/mol. The van der Waals surface area contributed by atoms with E-state index in [-0.39, 0.29) is 6.54 Å². The van der Waals surface area contributed by atoms with Gasteiger partial charge in [0.2, 0.25) is 0 Å². The van der Waals surface area contributed by atoms with Crippen molar-refractivity contribution in [3.63, 3.8) is 0 Å². The van der Waals surface area contributed by atoms with Crippen LogP contribution in [-0.2, 0) is 19.1 Å². The molecule has 146 valence electrons. The van der Waals surface area contributed by atoms with Crippen LogP contribution in [0.25, 0.3) is 0 Å². The summed E-state index contributed by atoms with van der Waals surface area (Å²) in [6, 6.07) is 13.2. The van der Waals surface area contributed by atoms with Gasteiger partial charge >= 0.3 is 6.18 Å². The first-order valence-corrected chi connectivity index (χ1v) is 9.10. The molecule has 0 aliphatic carbocycles. The van der Waals surface area contributed by atoms with Crippen LogP contribution in [0, 0.1) is 0 Å². The van der Waals surface area contributed by atoms with Gasteiger partial charge in [-0.2, -0.15) is 18.3 Å². The first kappa shape index (κ1) is 19.9. The van der Waals surface area contributed by atoms with Gasteiger partial charge in [-0.1, -0.05) is 31.2 Å². The van der Waals surface area contributed by atoms with Crippen LogP contribution >= 0.6 is 12.2 Å². The normalized spacial score (nSPS) is 11.3. The van der Waals surface area contributed by atoms with Crippen molar-refractivity contribution in [3.8, 4) is 0 Å². The number of halogens is 3. The second kappa shape index (κ2) is 8.43. The quantitative estimate of drug-likeness (QED) is 0.565. The number of thiocarbonyl (C=S) groups is 1. The molecule has 1 aromatic heterocycles. The molecule has 0 fully saturated rings. The number of hydrogen-bond donors (Lipinski definition) is 2. The van der Waals surface area contributed by atoms with Gasteiger partial charge in [0.15, 0.2) is 5.11 Å².